The Balaban J connectivity index is 2.53. The highest BCUT2D eigenvalue weighted by molar-refractivity contribution is 5.37. The third-order valence-electron chi connectivity index (χ3n) is 2.55. The van der Waals surface area contributed by atoms with Crippen LogP contribution in [0.25, 0.3) is 5.65 Å². The molecule has 2 N–H and O–H groups in total. The molecule has 0 saturated heterocycles. The molecule has 0 radical (unpaired) electrons. The summed E-state index contributed by atoms with van der Waals surface area (Å²) < 4.78 is 1.94. The molecule has 1 atom stereocenters. The SMILES string of the molecule is CC(C)(C)C(N)c1nnc2ccccn12. The monoisotopic (exact) mass is 204 g/mol. The van der Waals surface area contributed by atoms with E-state index in [2.05, 4.69) is 31.0 Å². The maximum atomic E-state index is 6.16. The Labute approximate surface area is 89.1 Å². The van der Waals surface area contributed by atoms with Crippen molar-refractivity contribution in [2.24, 2.45) is 11.1 Å². The van der Waals surface area contributed by atoms with E-state index >= 15 is 0 Å². The Morgan fingerprint density at radius 3 is 2.67 bits per heavy atom. The van der Waals surface area contributed by atoms with Crippen molar-refractivity contribution < 1.29 is 0 Å². The van der Waals surface area contributed by atoms with Gasteiger partial charge in [-0.15, -0.1) is 10.2 Å². The molecule has 0 fully saturated rings. The van der Waals surface area contributed by atoms with E-state index in [0.717, 1.165) is 11.5 Å². The van der Waals surface area contributed by atoms with Crippen LogP contribution in [0.5, 0.6) is 0 Å². The minimum Gasteiger partial charge on any atom is -0.321 e. The molecule has 0 aliphatic heterocycles. The number of hydrogen-bond acceptors (Lipinski definition) is 3. The summed E-state index contributed by atoms with van der Waals surface area (Å²) in [4.78, 5) is 0. The van der Waals surface area contributed by atoms with Crippen molar-refractivity contribution in [2.45, 2.75) is 26.8 Å². The van der Waals surface area contributed by atoms with Crippen LogP contribution < -0.4 is 5.73 Å². The molecule has 0 spiro atoms. The molecule has 15 heavy (non-hydrogen) atoms. The summed E-state index contributed by atoms with van der Waals surface area (Å²) >= 11 is 0. The molecular weight excluding hydrogens is 188 g/mol. The van der Waals surface area contributed by atoms with Gasteiger partial charge in [-0.25, -0.2) is 0 Å². The summed E-state index contributed by atoms with van der Waals surface area (Å²) in [5.41, 5.74) is 6.98. The van der Waals surface area contributed by atoms with Crippen LogP contribution in [0.2, 0.25) is 0 Å². The van der Waals surface area contributed by atoms with Crippen LogP contribution in [0, 0.1) is 5.41 Å². The predicted molar refractivity (Wildman–Crippen MR) is 59.4 cm³/mol. The smallest absolute Gasteiger partial charge is 0.160 e. The van der Waals surface area contributed by atoms with Gasteiger partial charge in [0.25, 0.3) is 0 Å². The summed E-state index contributed by atoms with van der Waals surface area (Å²) in [5.74, 6) is 0.818. The molecule has 0 aliphatic carbocycles. The van der Waals surface area contributed by atoms with Gasteiger partial charge in [-0.05, 0) is 17.5 Å². The van der Waals surface area contributed by atoms with Crippen molar-refractivity contribution in [1.29, 1.82) is 0 Å². The zero-order chi connectivity index (χ0) is 11.1. The second-order valence-corrected chi connectivity index (χ2v) is 4.83. The molecule has 2 rings (SSSR count). The molecule has 2 heterocycles. The Morgan fingerprint density at radius 2 is 2.00 bits per heavy atom. The molecule has 2 aromatic heterocycles. The van der Waals surface area contributed by atoms with E-state index in [4.69, 9.17) is 5.73 Å². The highest BCUT2D eigenvalue weighted by Gasteiger charge is 2.26. The molecule has 0 bridgehead atoms. The first kappa shape index (κ1) is 10.1. The first-order valence-electron chi connectivity index (χ1n) is 5.05. The molecule has 4 nitrogen and oxygen atoms in total. The summed E-state index contributed by atoms with van der Waals surface area (Å²) in [6.07, 6.45) is 1.94. The van der Waals surface area contributed by atoms with E-state index in [1.54, 1.807) is 0 Å². The van der Waals surface area contributed by atoms with Gasteiger partial charge in [-0.3, -0.25) is 4.40 Å². The van der Waals surface area contributed by atoms with Crippen LogP contribution in [0.4, 0.5) is 0 Å². The van der Waals surface area contributed by atoms with Crippen LogP contribution in [0.1, 0.15) is 32.6 Å². The minimum atomic E-state index is -0.116. The van der Waals surface area contributed by atoms with Gasteiger partial charge >= 0.3 is 0 Å². The predicted octanol–water partition coefficient (Wildman–Crippen LogP) is 1.78. The minimum absolute atomic E-state index is 0.0151. The fourth-order valence-corrected chi connectivity index (χ4v) is 1.46. The van der Waals surface area contributed by atoms with E-state index in [1.165, 1.54) is 0 Å². The quantitative estimate of drug-likeness (QED) is 0.770. The van der Waals surface area contributed by atoms with Crippen LogP contribution in [0.15, 0.2) is 24.4 Å². The van der Waals surface area contributed by atoms with Crippen molar-refractivity contribution in [3.8, 4) is 0 Å². The van der Waals surface area contributed by atoms with Crippen molar-refractivity contribution in [2.75, 3.05) is 0 Å². The van der Waals surface area contributed by atoms with Crippen molar-refractivity contribution in [3.63, 3.8) is 0 Å². The van der Waals surface area contributed by atoms with E-state index < -0.39 is 0 Å². The van der Waals surface area contributed by atoms with E-state index in [-0.39, 0.29) is 11.5 Å². The summed E-state index contributed by atoms with van der Waals surface area (Å²) in [5, 5.41) is 8.24. The zero-order valence-electron chi connectivity index (χ0n) is 9.31. The Bertz CT molecular complexity index is 467. The summed E-state index contributed by atoms with van der Waals surface area (Å²) in [6.45, 7) is 6.30. The van der Waals surface area contributed by atoms with Crippen molar-refractivity contribution >= 4 is 5.65 Å². The molecule has 0 amide bonds. The number of hydrogen-bond donors (Lipinski definition) is 1. The molecule has 0 saturated carbocycles. The summed E-state index contributed by atoms with van der Waals surface area (Å²) in [6, 6.07) is 5.70. The molecule has 4 heteroatoms. The van der Waals surface area contributed by atoms with Gasteiger partial charge in [0, 0.05) is 6.20 Å². The molecule has 80 valence electrons. The lowest BCUT2D eigenvalue weighted by atomic mass is 9.87. The standard InChI is InChI=1S/C11H16N4/c1-11(2,3)9(12)10-14-13-8-6-4-5-7-15(8)10/h4-7,9H,12H2,1-3H3. The van der Waals surface area contributed by atoms with Crippen LogP contribution >= 0.6 is 0 Å². The highest BCUT2D eigenvalue weighted by atomic mass is 15.3. The third kappa shape index (κ3) is 1.72. The van der Waals surface area contributed by atoms with Gasteiger partial charge in [0.2, 0.25) is 0 Å². The Hall–Kier alpha value is -1.42. The van der Waals surface area contributed by atoms with Gasteiger partial charge in [0.1, 0.15) is 0 Å². The number of nitrogens with two attached hydrogens (primary N) is 1. The second kappa shape index (κ2) is 3.31. The number of nitrogens with zero attached hydrogens (tertiary/aromatic N) is 3. The number of aromatic nitrogens is 3. The van der Waals surface area contributed by atoms with Crippen molar-refractivity contribution in [3.05, 3.63) is 30.2 Å². The Kier molecular flexibility index (Phi) is 2.23. The zero-order valence-corrected chi connectivity index (χ0v) is 9.31. The van der Waals surface area contributed by atoms with E-state index in [9.17, 15) is 0 Å². The average Bonchev–Trinajstić information content (AvgIpc) is 2.58. The van der Waals surface area contributed by atoms with Gasteiger partial charge in [0.15, 0.2) is 11.5 Å². The van der Waals surface area contributed by atoms with E-state index in [1.807, 2.05) is 28.8 Å². The maximum absolute atomic E-state index is 6.16. The summed E-state index contributed by atoms with van der Waals surface area (Å²) in [7, 11) is 0. The molecule has 1 unspecified atom stereocenters. The van der Waals surface area contributed by atoms with Gasteiger partial charge < -0.3 is 5.73 Å². The maximum Gasteiger partial charge on any atom is 0.160 e. The Morgan fingerprint density at radius 1 is 1.27 bits per heavy atom. The lowest BCUT2D eigenvalue weighted by molar-refractivity contribution is 0.313. The number of rotatable bonds is 1. The molecule has 0 aliphatic rings. The van der Waals surface area contributed by atoms with Gasteiger partial charge in [-0.2, -0.15) is 0 Å². The number of fused-ring (bicyclic) bond motifs is 1. The van der Waals surface area contributed by atoms with Crippen LogP contribution in [-0.2, 0) is 0 Å². The highest BCUT2D eigenvalue weighted by Crippen LogP contribution is 2.29. The first-order chi connectivity index (χ1) is 7.00. The van der Waals surface area contributed by atoms with Gasteiger partial charge in [-0.1, -0.05) is 26.8 Å². The molecule has 0 aromatic carbocycles. The first-order valence-corrected chi connectivity index (χ1v) is 5.05. The second-order valence-electron chi connectivity index (χ2n) is 4.83. The van der Waals surface area contributed by atoms with Crippen LogP contribution in [0.3, 0.4) is 0 Å². The normalized spacial score (nSPS) is 14.4. The third-order valence-corrected chi connectivity index (χ3v) is 2.55. The van der Waals surface area contributed by atoms with Gasteiger partial charge in [0.05, 0.1) is 6.04 Å². The topological polar surface area (TPSA) is 56.2 Å². The fourth-order valence-electron chi connectivity index (χ4n) is 1.46. The molecule has 2 aromatic rings. The lowest BCUT2D eigenvalue weighted by Crippen LogP contribution is -2.28. The van der Waals surface area contributed by atoms with Crippen LogP contribution in [-0.4, -0.2) is 14.6 Å². The van der Waals surface area contributed by atoms with Crippen molar-refractivity contribution in [1.82, 2.24) is 14.6 Å². The lowest BCUT2D eigenvalue weighted by Gasteiger charge is -2.25. The van der Waals surface area contributed by atoms with E-state index in [0.29, 0.717) is 0 Å². The number of pyridine rings is 1. The largest absolute Gasteiger partial charge is 0.321 e. The average molecular weight is 204 g/mol. The molecular formula is C11H16N4. The fraction of sp³-hybridized carbons (Fsp3) is 0.455.